The van der Waals surface area contributed by atoms with Gasteiger partial charge in [-0.1, -0.05) is 54.1 Å². The van der Waals surface area contributed by atoms with Gasteiger partial charge < -0.3 is 10.2 Å². The van der Waals surface area contributed by atoms with E-state index in [4.69, 9.17) is 0 Å². The minimum Gasteiger partial charge on any atom is -0.351 e. The van der Waals surface area contributed by atoms with Gasteiger partial charge in [0.15, 0.2) is 0 Å². The first kappa shape index (κ1) is 19.5. The van der Waals surface area contributed by atoms with E-state index < -0.39 is 5.92 Å². The number of aromatic nitrogens is 1. The van der Waals surface area contributed by atoms with E-state index in [0.717, 1.165) is 35.1 Å². The van der Waals surface area contributed by atoms with Crippen LogP contribution in [-0.4, -0.2) is 27.7 Å². The van der Waals surface area contributed by atoms with Crippen LogP contribution < -0.4 is 5.32 Å². The fraction of sp³-hybridized carbons (Fsp3) is 0.269. The smallest absolute Gasteiger partial charge is 0.254 e. The molecule has 5 heteroatoms. The number of fused-ring (bicyclic) bond motifs is 1. The van der Waals surface area contributed by atoms with Crippen molar-refractivity contribution in [2.75, 3.05) is 0 Å². The van der Waals surface area contributed by atoms with Gasteiger partial charge in [0.1, 0.15) is 0 Å². The van der Waals surface area contributed by atoms with Crippen molar-refractivity contribution >= 4 is 11.8 Å². The molecule has 2 aromatic carbocycles. The number of hydrogen-bond donors (Lipinski definition) is 1. The summed E-state index contributed by atoms with van der Waals surface area (Å²) >= 11 is 0. The summed E-state index contributed by atoms with van der Waals surface area (Å²) in [5, 5.41) is 3.10. The molecule has 1 fully saturated rings. The van der Waals surface area contributed by atoms with Gasteiger partial charge in [-0.2, -0.15) is 0 Å². The van der Waals surface area contributed by atoms with Crippen molar-refractivity contribution in [1.29, 1.82) is 0 Å². The Bertz CT molecular complexity index is 1120. The zero-order valence-corrected chi connectivity index (χ0v) is 17.5. The first-order valence-corrected chi connectivity index (χ1v) is 10.8. The lowest BCUT2D eigenvalue weighted by Gasteiger charge is -2.42. The van der Waals surface area contributed by atoms with E-state index in [-0.39, 0.29) is 23.9 Å². The molecular weight excluding hydrogens is 386 g/mol. The standard InChI is InChI=1S/C26H25N3O2/c1-17-6-4-8-19(14-17)24-23(25(30)28-16-18-7-5-13-27-15-18)21-9-2-3-10-22(21)26(31)29(24)20-11-12-20/h2-10,13-15,20,23-24H,11-12,16H2,1H3,(H,28,30)/t23-,24-/m0/s1. The van der Waals surface area contributed by atoms with Crippen LogP contribution in [0.2, 0.25) is 0 Å². The normalized spacial score (nSPS) is 20.3. The van der Waals surface area contributed by atoms with Gasteiger partial charge in [0.05, 0.1) is 12.0 Å². The summed E-state index contributed by atoms with van der Waals surface area (Å²) in [5.41, 5.74) is 4.52. The number of aryl methyl sites for hydroxylation is 1. The minimum atomic E-state index is -0.465. The van der Waals surface area contributed by atoms with E-state index in [1.807, 2.05) is 66.4 Å². The van der Waals surface area contributed by atoms with Gasteiger partial charge in [-0.25, -0.2) is 0 Å². The molecule has 31 heavy (non-hydrogen) atoms. The lowest BCUT2D eigenvalue weighted by molar-refractivity contribution is -0.124. The first-order valence-electron chi connectivity index (χ1n) is 10.8. The van der Waals surface area contributed by atoms with E-state index in [0.29, 0.717) is 12.1 Å². The highest BCUT2D eigenvalue weighted by molar-refractivity contribution is 6.01. The summed E-state index contributed by atoms with van der Waals surface area (Å²) in [6.07, 6.45) is 5.45. The van der Waals surface area contributed by atoms with E-state index in [9.17, 15) is 9.59 Å². The first-order chi connectivity index (χ1) is 15.1. The van der Waals surface area contributed by atoms with E-state index >= 15 is 0 Å². The molecule has 2 atom stereocenters. The Morgan fingerprint density at radius 2 is 1.94 bits per heavy atom. The second-order valence-electron chi connectivity index (χ2n) is 8.45. The van der Waals surface area contributed by atoms with Gasteiger partial charge in [-0.3, -0.25) is 14.6 Å². The molecule has 2 aliphatic rings. The quantitative estimate of drug-likeness (QED) is 0.686. The maximum absolute atomic E-state index is 13.6. The Labute approximate surface area is 182 Å². The number of amides is 2. The molecule has 1 N–H and O–H groups in total. The summed E-state index contributed by atoms with van der Waals surface area (Å²) in [6, 6.07) is 19.4. The van der Waals surface area contributed by atoms with E-state index in [2.05, 4.69) is 16.4 Å². The molecular formula is C26H25N3O2. The average Bonchev–Trinajstić information content (AvgIpc) is 3.63. The molecule has 1 saturated carbocycles. The van der Waals surface area contributed by atoms with Crippen molar-refractivity contribution in [3.63, 3.8) is 0 Å². The summed E-state index contributed by atoms with van der Waals surface area (Å²) in [4.78, 5) is 33.2. The van der Waals surface area contributed by atoms with Crippen LogP contribution in [0.5, 0.6) is 0 Å². The average molecular weight is 412 g/mol. The summed E-state index contributed by atoms with van der Waals surface area (Å²) in [7, 11) is 0. The molecule has 5 rings (SSSR count). The minimum absolute atomic E-state index is 0.0286. The third-order valence-electron chi connectivity index (χ3n) is 6.17. The number of carbonyl (C=O) groups is 2. The van der Waals surface area contributed by atoms with Crippen molar-refractivity contribution < 1.29 is 9.59 Å². The number of rotatable bonds is 5. The van der Waals surface area contributed by atoms with Crippen LogP contribution in [0, 0.1) is 6.92 Å². The molecule has 2 heterocycles. The molecule has 0 spiro atoms. The zero-order valence-electron chi connectivity index (χ0n) is 17.5. The number of pyridine rings is 1. The van der Waals surface area contributed by atoms with E-state index in [1.165, 1.54) is 0 Å². The molecule has 1 aliphatic heterocycles. The van der Waals surface area contributed by atoms with Crippen LogP contribution in [0.25, 0.3) is 0 Å². The largest absolute Gasteiger partial charge is 0.351 e. The molecule has 156 valence electrons. The lowest BCUT2D eigenvalue weighted by atomic mass is 9.78. The summed E-state index contributed by atoms with van der Waals surface area (Å²) in [6.45, 7) is 2.45. The summed E-state index contributed by atoms with van der Waals surface area (Å²) in [5.74, 6) is -0.505. The maximum atomic E-state index is 13.6. The van der Waals surface area contributed by atoms with Crippen molar-refractivity contribution in [1.82, 2.24) is 15.2 Å². The zero-order chi connectivity index (χ0) is 21.4. The molecule has 0 bridgehead atoms. The Kier molecular flexibility index (Phi) is 5.02. The fourth-order valence-electron chi connectivity index (χ4n) is 4.60. The highest BCUT2D eigenvalue weighted by Gasteiger charge is 2.48. The molecule has 0 radical (unpaired) electrons. The number of nitrogens with one attached hydrogen (secondary N) is 1. The Morgan fingerprint density at radius 1 is 1.10 bits per heavy atom. The highest BCUT2D eigenvalue weighted by Crippen LogP contribution is 2.47. The lowest BCUT2D eigenvalue weighted by Crippen LogP contribution is -2.48. The molecule has 5 nitrogen and oxygen atoms in total. The Balaban J connectivity index is 1.58. The number of carbonyl (C=O) groups excluding carboxylic acids is 2. The predicted octanol–water partition coefficient (Wildman–Crippen LogP) is 4.15. The van der Waals surface area contributed by atoms with Crippen LogP contribution in [0.1, 0.15) is 57.4 Å². The highest BCUT2D eigenvalue weighted by atomic mass is 16.2. The van der Waals surface area contributed by atoms with Crippen LogP contribution >= 0.6 is 0 Å². The molecule has 2 amide bonds. The van der Waals surface area contributed by atoms with E-state index in [1.54, 1.807) is 12.4 Å². The number of benzene rings is 2. The van der Waals surface area contributed by atoms with Gasteiger partial charge in [0.2, 0.25) is 5.91 Å². The van der Waals surface area contributed by atoms with Crippen molar-refractivity contribution in [2.45, 2.75) is 44.3 Å². The molecule has 0 saturated heterocycles. The van der Waals surface area contributed by atoms with Crippen LogP contribution in [0.4, 0.5) is 0 Å². The maximum Gasteiger partial charge on any atom is 0.254 e. The van der Waals surface area contributed by atoms with Gasteiger partial charge >= 0.3 is 0 Å². The number of nitrogens with zero attached hydrogens (tertiary/aromatic N) is 2. The molecule has 1 aliphatic carbocycles. The van der Waals surface area contributed by atoms with Crippen molar-refractivity contribution in [2.24, 2.45) is 0 Å². The predicted molar refractivity (Wildman–Crippen MR) is 118 cm³/mol. The van der Waals surface area contributed by atoms with Gasteiger partial charge in [-0.05, 0) is 48.6 Å². The molecule has 0 unspecified atom stereocenters. The molecule has 3 aromatic rings. The third-order valence-corrected chi connectivity index (χ3v) is 6.17. The van der Waals surface area contributed by atoms with Crippen LogP contribution in [-0.2, 0) is 11.3 Å². The number of hydrogen-bond acceptors (Lipinski definition) is 3. The van der Waals surface area contributed by atoms with Crippen molar-refractivity contribution in [3.05, 3.63) is 101 Å². The van der Waals surface area contributed by atoms with Gasteiger partial charge in [-0.15, -0.1) is 0 Å². The van der Waals surface area contributed by atoms with Crippen LogP contribution in [0.15, 0.2) is 73.1 Å². The second-order valence-corrected chi connectivity index (χ2v) is 8.45. The van der Waals surface area contributed by atoms with Crippen LogP contribution in [0.3, 0.4) is 0 Å². The van der Waals surface area contributed by atoms with Gasteiger partial charge in [0.25, 0.3) is 5.91 Å². The third kappa shape index (κ3) is 3.72. The topological polar surface area (TPSA) is 62.3 Å². The molecule has 1 aromatic heterocycles. The monoisotopic (exact) mass is 411 g/mol. The summed E-state index contributed by atoms with van der Waals surface area (Å²) < 4.78 is 0. The van der Waals surface area contributed by atoms with Crippen molar-refractivity contribution in [3.8, 4) is 0 Å². The SMILES string of the molecule is Cc1cccc([C@H]2[C@@H](C(=O)NCc3cccnc3)c3ccccc3C(=O)N2C2CC2)c1. The van der Waals surface area contributed by atoms with Gasteiger partial charge in [0, 0.05) is 30.5 Å². The fourth-order valence-corrected chi connectivity index (χ4v) is 4.60. The Hall–Kier alpha value is -3.47. The Morgan fingerprint density at radius 3 is 2.68 bits per heavy atom. The second kappa shape index (κ2) is 7.99.